The van der Waals surface area contributed by atoms with E-state index in [0.29, 0.717) is 12.1 Å². The number of ether oxygens (including phenoxy) is 2. The zero-order chi connectivity index (χ0) is 20.0. The number of nitrogens with one attached hydrogen (secondary N) is 1. The molecule has 0 aliphatic heterocycles. The third-order valence-corrected chi connectivity index (χ3v) is 3.85. The first-order valence-corrected chi connectivity index (χ1v) is 8.31. The van der Waals surface area contributed by atoms with Crippen LogP contribution in [-0.2, 0) is 12.7 Å². The molecule has 2 aromatic rings. The van der Waals surface area contributed by atoms with E-state index in [9.17, 15) is 22.0 Å². The fraction of sp³-hybridized carbons (Fsp3) is 0.368. The van der Waals surface area contributed by atoms with Crippen molar-refractivity contribution in [2.24, 2.45) is 0 Å². The fourth-order valence-electron chi connectivity index (χ4n) is 2.50. The third-order valence-electron chi connectivity index (χ3n) is 3.85. The molecule has 0 saturated carbocycles. The molecule has 0 radical (unpaired) electrons. The average molecular weight is 389 g/mol. The highest BCUT2D eigenvalue weighted by Gasteiger charge is 2.30. The van der Waals surface area contributed by atoms with Crippen LogP contribution in [0.3, 0.4) is 0 Å². The summed E-state index contributed by atoms with van der Waals surface area (Å²) in [5.74, 6) is 0.116. The van der Waals surface area contributed by atoms with Crippen molar-refractivity contribution in [2.45, 2.75) is 39.2 Å². The summed E-state index contributed by atoms with van der Waals surface area (Å²) in [6.07, 6.45) is -4.40. The van der Waals surface area contributed by atoms with E-state index in [1.165, 1.54) is 12.1 Å². The van der Waals surface area contributed by atoms with E-state index >= 15 is 0 Å². The van der Waals surface area contributed by atoms with Crippen LogP contribution in [0.2, 0.25) is 0 Å². The summed E-state index contributed by atoms with van der Waals surface area (Å²) in [5.41, 5.74) is 0.507. The highest BCUT2D eigenvalue weighted by atomic mass is 19.4. The Kier molecular flexibility index (Phi) is 7.01. The van der Waals surface area contributed by atoms with Gasteiger partial charge in [0.15, 0.2) is 11.5 Å². The van der Waals surface area contributed by atoms with Crippen molar-refractivity contribution >= 4 is 0 Å². The summed E-state index contributed by atoms with van der Waals surface area (Å²) < 4.78 is 73.1. The van der Waals surface area contributed by atoms with Gasteiger partial charge in [-0.2, -0.15) is 22.0 Å². The molecule has 2 aromatic carbocycles. The molecular formula is C19H20F5NO2. The normalized spacial score (nSPS) is 12.9. The summed E-state index contributed by atoms with van der Waals surface area (Å²) in [5, 5.41) is 3.11. The van der Waals surface area contributed by atoms with Gasteiger partial charge in [-0.15, -0.1) is 0 Å². The van der Waals surface area contributed by atoms with Gasteiger partial charge < -0.3 is 14.8 Å². The van der Waals surface area contributed by atoms with E-state index in [4.69, 9.17) is 4.74 Å². The number of alkyl halides is 5. The number of hydrogen-bond donors (Lipinski definition) is 1. The largest absolute Gasteiger partial charge is 0.490 e. The fourth-order valence-corrected chi connectivity index (χ4v) is 2.50. The highest BCUT2D eigenvalue weighted by molar-refractivity contribution is 5.43. The molecule has 1 N–H and O–H groups in total. The number of rotatable bonds is 8. The van der Waals surface area contributed by atoms with Gasteiger partial charge in [0.05, 0.1) is 12.2 Å². The van der Waals surface area contributed by atoms with Crippen LogP contribution in [0.1, 0.15) is 36.6 Å². The molecule has 1 atom stereocenters. The van der Waals surface area contributed by atoms with Gasteiger partial charge in [-0.3, -0.25) is 0 Å². The van der Waals surface area contributed by atoms with Crippen LogP contribution in [0.4, 0.5) is 22.0 Å². The lowest BCUT2D eigenvalue weighted by Gasteiger charge is -2.17. The molecule has 0 aromatic heterocycles. The zero-order valence-corrected chi connectivity index (χ0v) is 14.8. The number of hydrogen-bond acceptors (Lipinski definition) is 3. The standard InChI is InChI=1S/C19H20F5NO2/c1-3-26-17-9-13(7-8-16(17)27-18(20)21)11-25-12(2)14-5-4-6-15(10-14)19(22,23)24/h4-10,12,18,25H,3,11H2,1-2H3. The molecule has 3 nitrogen and oxygen atoms in total. The molecule has 0 saturated heterocycles. The average Bonchev–Trinajstić information content (AvgIpc) is 2.61. The summed E-state index contributed by atoms with van der Waals surface area (Å²) in [6, 6.07) is 9.27. The van der Waals surface area contributed by atoms with Crippen molar-refractivity contribution in [3.8, 4) is 11.5 Å². The van der Waals surface area contributed by atoms with Gasteiger partial charge in [0.25, 0.3) is 0 Å². The molecule has 148 valence electrons. The Labute approximate surface area is 154 Å². The maximum atomic E-state index is 12.8. The molecule has 1 unspecified atom stereocenters. The second-order valence-electron chi connectivity index (χ2n) is 5.82. The van der Waals surface area contributed by atoms with Gasteiger partial charge in [-0.1, -0.05) is 18.2 Å². The summed E-state index contributed by atoms with van der Waals surface area (Å²) in [6.45, 7) is 1.08. The first-order valence-electron chi connectivity index (χ1n) is 8.31. The van der Waals surface area contributed by atoms with Crippen molar-refractivity contribution in [2.75, 3.05) is 6.61 Å². The molecule has 0 amide bonds. The molecule has 0 spiro atoms. The van der Waals surface area contributed by atoms with E-state index in [1.54, 1.807) is 32.0 Å². The molecule has 2 rings (SSSR count). The minimum absolute atomic E-state index is 0.0680. The molecule has 0 bridgehead atoms. The molecule has 0 aliphatic rings. The van der Waals surface area contributed by atoms with Crippen LogP contribution in [0.15, 0.2) is 42.5 Å². The Morgan fingerprint density at radius 1 is 1.04 bits per heavy atom. The van der Waals surface area contributed by atoms with Gasteiger partial charge in [0, 0.05) is 12.6 Å². The van der Waals surface area contributed by atoms with Gasteiger partial charge in [-0.25, -0.2) is 0 Å². The predicted molar refractivity (Wildman–Crippen MR) is 90.9 cm³/mol. The zero-order valence-electron chi connectivity index (χ0n) is 14.8. The Morgan fingerprint density at radius 3 is 2.41 bits per heavy atom. The number of benzene rings is 2. The van der Waals surface area contributed by atoms with Gasteiger partial charge in [0.1, 0.15) is 0 Å². The predicted octanol–water partition coefficient (Wildman–Crippen LogP) is 5.56. The van der Waals surface area contributed by atoms with Crippen LogP contribution < -0.4 is 14.8 Å². The SMILES string of the molecule is CCOc1cc(CNC(C)c2cccc(C(F)(F)F)c2)ccc1OC(F)F. The summed E-state index contributed by atoms with van der Waals surface area (Å²) in [4.78, 5) is 0. The molecule has 0 fully saturated rings. The van der Waals surface area contributed by atoms with Crippen molar-refractivity contribution in [3.05, 3.63) is 59.2 Å². The lowest BCUT2D eigenvalue weighted by molar-refractivity contribution is -0.137. The molecule has 27 heavy (non-hydrogen) atoms. The summed E-state index contributed by atoms with van der Waals surface area (Å²) in [7, 11) is 0. The molecule has 8 heteroatoms. The number of halogens is 5. The lowest BCUT2D eigenvalue weighted by atomic mass is 10.0. The van der Waals surface area contributed by atoms with Crippen LogP contribution in [0.25, 0.3) is 0 Å². The van der Waals surface area contributed by atoms with E-state index in [1.807, 2.05) is 0 Å². The second kappa shape index (κ2) is 9.03. The topological polar surface area (TPSA) is 30.5 Å². The third kappa shape index (κ3) is 6.09. The van der Waals surface area contributed by atoms with E-state index < -0.39 is 18.4 Å². The van der Waals surface area contributed by atoms with Crippen LogP contribution in [0.5, 0.6) is 11.5 Å². The highest BCUT2D eigenvalue weighted by Crippen LogP contribution is 2.32. The van der Waals surface area contributed by atoms with E-state index in [2.05, 4.69) is 10.1 Å². The minimum atomic E-state index is -4.40. The van der Waals surface area contributed by atoms with Crippen LogP contribution in [-0.4, -0.2) is 13.2 Å². The first kappa shape index (κ1) is 21.0. The van der Waals surface area contributed by atoms with E-state index in [0.717, 1.165) is 17.7 Å². The molecular weight excluding hydrogens is 369 g/mol. The van der Waals surface area contributed by atoms with Crippen molar-refractivity contribution in [1.29, 1.82) is 0 Å². The maximum Gasteiger partial charge on any atom is 0.416 e. The van der Waals surface area contributed by atoms with Crippen LogP contribution >= 0.6 is 0 Å². The quantitative estimate of drug-likeness (QED) is 0.600. The van der Waals surface area contributed by atoms with Gasteiger partial charge in [0.2, 0.25) is 0 Å². The van der Waals surface area contributed by atoms with Crippen molar-refractivity contribution < 1.29 is 31.4 Å². The molecule has 0 aliphatic carbocycles. The Bertz CT molecular complexity index is 749. The van der Waals surface area contributed by atoms with E-state index in [-0.39, 0.29) is 24.1 Å². The van der Waals surface area contributed by atoms with Crippen molar-refractivity contribution in [1.82, 2.24) is 5.32 Å². The van der Waals surface area contributed by atoms with Crippen molar-refractivity contribution in [3.63, 3.8) is 0 Å². The monoisotopic (exact) mass is 389 g/mol. The lowest BCUT2D eigenvalue weighted by Crippen LogP contribution is -2.19. The Balaban J connectivity index is 2.08. The second-order valence-corrected chi connectivity index (χ2v) is 5.82. The van der Waals surface area contributed by atoms with Gasteiger partial charge >= 0.3 is 12.8 Å². The summed E-state index contributed by atoms with van der Waals surface area (Å²) >= 11 is 0. The first-order chi connectivity index (χ1) is 12.7. The molecule has 0 heterocycles. The maximum absolute atomic E-state index is 12.8. The van der Waals surface area contributed by atoms with Gasteiger partial charge in [-0.05, 0) is 49.2 Å². The van der Waals surface area contributed by atoms with Crippen LogP contribution in [0, 0.1) is 0 Å². The smallest absolute Gasteiger partial charge is 0.416 e. The minimum Gasteiger partial charge on any atom is -0.490 e. The Morgan fingerprint density at radius 2 is 1.78 bits per heavy atom. The Hall–Kier alpha value is -2.35.